The number of carbonyl (C=O) groups excluding carboxylic acids is 1. The van der Waals surface area contributed by atoms with E-state index in [1.54, 1.807) is 6.08 Å². The Kier molecular flexibility index (Phi) is 30.9. The van der Waals surface area contributed by atoms with E-state index >= 15 is 0 Å². The van der Waals surface area contributed by atoms with Gasteiger partial charge in [0.1, 0.15) is 6.10 Å². The lowest BCUT2D eigenvalue weighted by atomic mass is 10.0. The molecule has 0 spiro atoms. The maximum atomic E-state index is 12.4. The Morgan fingerprint density at radius 1 is 0.595 bits per heavy atom. The Morgan fingerprint density at radius 2 is 1.05 bits per heavy atom. The standard InChI is InChI=1S/C37H67NO4/c1-3-5-7-9-11-13-15-17-18-19-20-22-24-26-28-30-32-36(41)37(42)38-34(33-39)35(40)31-29-27-25-23-21-16-14-12-10-8-6-4-2/h11,13,17-18,21,23,29,31,34-36,39-41H,3-10,12,14-16,19-20,22,24-28,30,32-33H2,1-2H3,(H,38,42)/b13-11-,18-17-,23-21+,31-29+. The molecule has 0 aromatic rings. The van der Waals surface area contributed by atoms with Gasteiger partial charge in [-0.2, -0.15) is 0 Å². The summed E-state index contributed by atoms with van der Waals surface area (Å²) in [6, 6.07) is -0.817. The van der Waals surface area contributed by atoms with Crippen molar-refractivity contribution in [3.05, 3.63) is 48.6 Å². The van der Waals surface area contributed by atoms with Crippen LogP contribution < -0.4 is 5.32 Å². The van der Waals surface area contributed by atoms with E-state index in [0.717, 1.165) is 51.4 Å². The first-order chi connectivity index (χ1) is 20.6. The van der Waals surface area contributed by atoms with Crippen LogP contribution in [0.2, 0.25) is 0 Å². The third kappa shape index (κ3) is 27.2. The number of aliphatic hydroxyl groups is 3. The molecule has 0 aromatic heterocycles. The Labute approximate surface area is 259 Å². The highest BCUT2D eigenvalue weighted by Crippen LogP contribution is 2.11. The maximum absolute atomic E-state index is 12.4. The van der Waals surface area contributed by atoms with Crippen LogP contribution >= 0.6 is 0 Å². The van der Waals surface area contributed by atoms with Crippen molar-refractivity contribution in [2.45, 2.75) is 173 Å². The fourth-order valence-electron chi connectivity index (χ4n) is 4.82. The number of unbranched alkanes of at least 4 members (excludes halogenated alkanes) is 16. The summed E-state index contributed by atoms with van der Waals surface area (Å²) in [7, 11) is 0. The summed E-state index contributed by atoms with van der Waals surface area (Å²) in [6.45, 7) is 4.09. The predicted octanol–water partition coefficient (Wildman–Crippen LogP) is 9.03. The van der Waals surface area contributed by atoms with Crippen molar-refractivity contribution in [2.75, 3.05) is 6.61 Å². The maximum Gasteiger partial charge on any atom is 0.249 e. The van der Waals surface area contributed by atoms with Gasteiger partial charge in [0.15, 0.2) is 0 Å². The average molecular weight is 590 g/mol. The summed E-state index contributed by atoms with van der Waals surface area (Å²) >= 11 is 0. The molecule has 0 saturated carbocycles. The predicted molar refractivity (Wildman–Crippen MR) is 181 cm³/mol. The smallest absolute Gasteiger partial charge is 0.249 e. The molecule has 0 aliphatic heterocycles. The van der Waals surface area contributed by atoms with Crippen molar-refractivity contribution in [3.8, 4) is 0 Å². The molecule has 244 valence electrons. The van der Waals surface area contributed by atoms with Crippen molar-refractivity contribution >= 4 is 5.91 Å². The minimum Gasteiger partial charge on any atom is -0.394 e. The number of amides is 1. The molecule has 5 heteroatoms. The van der Waals surface area contributed by atoms with Gasteiger partial charge >= 0.3 is 0 Å². The van der Waals surface area contributed by atoms with Crippen LogP contribution in [0.15, 0.2) is 48.6 Å². The molecule has 0 aliphatic carbocycles. The second-order valence-electron chi connectivity index (χ2n) is 11.7. The number of nitrogens with one attached hydrogen (secondary N) is 1. The summed E-state index contributed by atoms with van der Waals surface area (Å²) in [4.78, 5) is 12.4. The molecule has 0 aliphatic rings. The largest absolute Gasteiger partial charge is 0.394 e. The van der Waals surface area contributed by atoms with Gasteiger partial charge in [-0.25, -0.2) is 0 Å². The van der Waals surface area contributed by atoms with Gasteiger partial charge < -0.3 is 20.6 Å². The van der Waals surface area contributed by atoms with Crippen LogP contribution in [0.1, 0.15) is 155 Å². The van der Waals surface area contributed by atoms with Gasteiger partial charge in [-0.15, -0.1) is 0 Å². The molecular formula is C37H67NO4. The number of hydrogen-bond acceptors (Lipinski definition) is 4. The lowest BCUT2D eigenvalue weighted by Gasteiger charge is -2.21. The minimum atomic E-state index is -1.11. The van der Waals surface area contributed by atoms with E-state index in [0.29, 0.717) is 6.42 Å². The van der Waals surface area contributed by atoms with Crippen LogP contribution in [-0.2, 0) is 4.79 Å². The van der Waals surface area contributed by atoms with Gasteiger partial charge in [-0.1, -0.05) is 140 Å². The summed E-state index contributed by atoms with van der Waals surface area (Å²) in [5.41, 5.74) is 0. The van der Waals surface area contributed by atoms with E-state index in [-0.39, 0.29) is 6.61 Å². The molecule has 1 amide bonds. The second kappa shape index (κ2) is 32.2. The van der Waals surface area contributed by atoms with E-state index in [9.17, 15) is 20.1 Å². The average Bonchev–Trinajstić information content (AvgIpc) is 2.99. The molecule has 0 rings (SSSR count). The monoisotopic (exact) mass is 590 g/mol. The van der Waals surface area contributed by atoms with Crippen molar-refractivity contribution in [2.24, 2.45) is 0 Å². The third-order valence-electron chi connectivity index (χ3n) is 7.64. The van der Waals surface area contributed by atoms with Gasteiger partial charge in [0.05, 0.1) is 18.8 Å². The third-order valence-corrected chi connectivity index (χ3v) is 7.64. The Hall–Kier alpha value is -1.69. The number of rotatable bonds is 30. The molecule has 0 bridgehead atoms. The lowest BCUT2D eigenvalue weighted by molar-refractivity contribution is -0.131. The molecule has 3 atom stereocenters. The number of aliphatic hydroxyl groups excluding tert-OH is 3. The first-order valence-electron chi connectivity index (χ1n) is 17.5. The van der Waals surface area contributed by atoms with Crippen LogP contribution in [0.25, 0.3) is 0 Å². The van der Waals surface area contributed by atoms with Gasteiger partial charge in [0.2, 0.25) is 5.91 Å². The molecule has 0 fully saturated rings. The fraction of sp³-hybridized carbons (Fsp3) is 0.757. The number of hydrogen-bond donors (Lipinski definition) is 4. The molecular weight excluding hydrogens is 522 g/mol. The van der Waals surface area contributed by atoms with E-state index in [4.69, 9.17) is 0 Å². The Balaban J connectivity index is 3.85. The van der Waals surface area contributed by atoms with Crippen LogP contribution in [0.3, 0.4) is 0 Å². The highest BCUT2D eigenvalue weighted by Gasteiger charge is 2.22. The fourth-order valence-corrected chi connectivity index (χ4v) is 4.82. The summed E-state index contributed by atoms with van der Waals surface area (Å²) < 4.78 is 0. The van der Waals surface area contributed by atoms with Crippen LogP contribution in [0, 0.1) is 0 Å². The zero-order valence-corrected chi connectivity index (χ0v) is 27.4. The van der Waals surface area contributed by atoms with Gasteiger partial charge in [0, 0.05) is 0 Å². The number of allylic oxidation sites excluding steroid dienone is 7. The molecule has 42 heavy (non-hydrogen) atoms. The Bertz CT molecular complexity index is 700. The second-order valence-corrected chi connectivity index (χ2v) is 11.7. The highest BCUT2D eigenvalue weighted by molar-refractivity contribution is 5.80. The lowest BCUT2D eigenvalue weighted by Crippen LogP contribution is -2.48. The molecule has 0 saturated heterocycles. The summed E-state index contributed by atoms with van der Waals surface area (Å²) in [5.74, 6) is -0.526. The van der Waals surface area contributed by atoms with E-state index in [1.165, 1.54) is 83.5 Å². The van der Waals surface area contributed by atoms with Gasteiger partial charge in [0.25, 0.3) is 0 Å². The van der Waals surface area contributed by atoms with Crippen LogP contribution in [0.5, 0.6) is 0 Å². The first kappa shape index (κ1) is 40.3. The SMILES string of the molecule is CCCCC/C=C\C/C=C\CCCCCCCCC(O)C(=O)NC(CO)C(O)/C=C/CC/C=C/CCCCCCCC. The van der Waals surface area contributed by atoms with E-state index in [2.05, 4.69) is 55.6 Å². The van der Waals surface area contributed by atoms with Crippen LogP contribution in [-0.4, -0.2) is 46.1 Å². The van der Waals surface area contributed by atoms with Crippen molar-refractivity contribution in [1.82, 2.24) is 5.32 Å². The van der Waals surface area contributed by atoms with Crippen LogP contribution in [0.4, 0.5) is 0 Å². The molecule has 0 heterocycles. The van der Waals surface area contributed by atoms with Gasteiger partial charge in [-0.05, 0) is 64.2 Å². The Morgan fingerprint density at radius 3 is 1.64 bits per heavy atom. The summed E-state index contributed by atoms with van der Waals surface area (Å²) in [6.07, 6.45) is 39.7. The van der Waals surface area contributed by atoms with Crippen molar-refractivity contribution in [3.63, 3.8) is 0 Å². The first-order valence-corrected chi connectivity index (χ1v) is 17.5. The summed E-state index contributed by atoms with van der Waals surface area (Å²) in [5, 5.41) is 32.8. The molecule has 0 aromatic carbocycles. The van der Waals surface area contributed by atoms with Gasteiger partial charge in [-0.3, -0.25) is 4.79 Å². The zero-order valence-electron chi connectivity index (χ0n) is 27.4. The minimum absolute atomic E-state index is 0.382. The van der Waals surface area contributed by atoms with Crippen molar-refractivity contribution < 1.29 is 20.1 Å². The van der Waals surface area contributed by atoms with Crippen molar-refractivity contribution in [1.29, 1.82) is 0 Å². The molecule has 0 radical (unpaired) electrons. The quantitative estimate of drug-likeness (QED) is 0.0497. The van der Waals surface area contributed by atoms with E-state index < -0.39 is 24.2 Å². The topological polar surface area (TPSA) is 89.8 Å². The zero-order chi connectivity index (χ0) is 30.9. The molecule has 4 N–H and O–H groups in total. The molecule has 3 unspecified atom stereocenters. The molecule has 5 nitrogen and oxygen atoms in total. The number of carbonyl (C=O) groups is 1. The highest BCUT2D eigenvalue weighted by atomic mass is 16.3. The normalized spacial score (nSPS) is 14.5. The van der Waals surface area contributed by atoms with E-state index in [1.807, 2.05) is 6.08 Å².